The summed E-state index contributed by atoms with van der Waals surface area (Å²) >= 11 is 0. The van der Waals surface area contributed by atoms with Gasteiger partial charge in [-0.05, 0) is 18.2 Å². The molecule has 0 radical (unpaired) electrons. The van der Waals surface area contributed by atoms with Gasteiger partial charge in [-0.3, -0.25) is 0 Å². The maximum absolute atomic E-state index is 11.3. The first-order chi connectivity index (χ1) is 8.69. The molecule has 0 spiro atoms. The fourth-order valence-corrected chi connectivity index (χ4v) is 1.89. The van der Waals surface area contributed by atoms with E-state index in [1.165, 1.54) is 19.2 Å². The Morgan fingerprint density at radius 1 is 0.944 bits per heavy atom. The second-order valence-corrected chi connectivity index (χ2v) is 3.75. The first-order valence-corrected chi connectivity index (χ1v) is 5.24. The second-order valence-electron chi connectivity index (χ2n) is 3.75. The van der Waals surface area contributed by atoms with Crippen LogP contribution in [0.5, 0.6) is 5.75 Å². The number of hydrogen-bond donors (Lipinski definition) is 0. The van der Waals surface area contributed by atoms with Crippen LogP contribution in [0.2, 0.25) is 0 Å². The molecule has 0 aliphatic carbocycles. The third-order valence-corrected chi connectivity index (χ3v) is 2.67. The molecule has 90 valence electrons. The van der Waals surface area contributed by atoms with Crippen LogP contribution >= 0.6 is 0 Å². The Bertz CT molecular complexity index is 856. The van der Waals surface area contributed by atoms with Crippen molar-refractivity contribution in [1.29, 1.82) is 0 Å². The lowest BCUT2D eigenvalue weighted by Crippen LogP contribution is -1.99. The molecule has 0 saturated carbocycles. The molecule has 5 nitrogen and oxygen atoms in total. The highest BCUT2D eigenvalue weighted by Crippen LogP contribution is 2.31. The zero-order valence-corrected chi connectivity index (χ0v) is 9.43. The van der Waals surface area contributed by atoms with Crippen molar-refractivity contribution >= 4 is 21.9 Å². The van der Waals surface area contributed by atoms with Crippen LogP contribution < -0.4 is 16.0 Å². The zero-order valence-electron chi connectivity index (χ0n) is 9.43. The van der Waals surface area contributed by atoms with Gasteiger partial charge in [0.1, 0.15) is 5.58 Å². The Morgan fingerprint density at radius 3 is 2.33 bits per heavy atom. The highest BCUT2D eigenvalue weighted by Gasteiger charge is 2.11. The molecule has 2 aromatic heterocycles. The van der Waals surface area contributed by atoms with Gasteiger partial charge in [-0.25, -0.2) is 9.59 Å². The minimum absolute atomic E-state index is 0.270. The van der Waals surface area contributed by atoms with Crippen molar-refractivity contribution in [2.45, 2.75) is 0 Å². The number of ether oxygens (including phenoxy) is 1. The summed E-state index contributed by atoms with van der Waals surface area (Å²) in [6.07, 6.45) is 0. The Labute approximate surface area is 100 Å². The second kappa shape index (κ2) is 3.73. The predicted molar refractivity (Wildman–Crippen MR) is 65.1 cm³/mol. The molecule has 0 aliphatic rings. The summed E-state index contributed by atoms with van der Waals surface area (Å²) in [7, 11) is 1.48. The highest BCUT2D eigenvalue weighted by atomic mass is 16.5. The summed E-state index contributed by atoms with van der Waals surface area (Å²) in [5, 5.41) is 1.23. The molecule has 3 rings (SSSR count). The lowest BCUT2D eigenvalue weighted by Gasteiger charge is -2.06. The van der Waals surface area contributed by atoms with Gasteiger partial charge in [-0.1, -0.05) is 0 Å². The van der Waals surface area contributed by atoms with Gasteiger partial charge in [-0.2, -0.15) is 0 Å². The van der Waals surface area contributed by atoms with E-state index in [1.807, 2.05) is 0 Å². The molecule has 0 unspecified atom stereocenters. The fourth-order valence-electron chi connectivity index (χ4n) is 1.89. The van der Waals surface area contributed by atoms with Crippen molar-refractivity contribution in [2.75, 3.05) is 7.11 Å². The molecule has 2 heterocycles. The molecule has 0 aliphatic heterocycles. The van der Waals surface area contributed by atoms with E-state index < -0.39 is 11.3 Å². The van der Waals surface area contributed by atoms with E-state index in [0.29, 0.717) is 22.1 Å². The molecule has 1 aromatic carbocycles. The Kier molecular flexibility index (Phi) is 2.19. The smallest absolute Gasteiger partial charge is 0.336 e. The fraction of sp³-hybridized carbons (Fsp3) is 0.0769. The van der Waals surface area contributed by atoms with Crippen molar-refractivity contribution in [1.82, 2.24) is 0 Å². The molecule has 0 saturated heterocycles. The maximum Gasteiger partial charge on any atom is 0.336 e. The average molecular weight is 244 g/mol. The van der Waals surface area contributed by atoms with Crippen LogP contribution in [0.3, 0.4) is 0 Å². The molecular weight excluding hydrogens is 236 g/mol. The van der Waals surface area contributed by atoms with E-state index >= 15 is 0 Å². The molecule has 3 aromatic rings. The van der Waals surface area contributed by atoms with E-state index in [-0.39, 0.29) is 5.58 Å². The highest BCUT2D eigenvalue weighted by molar-refractivity contribution is 6.04. The molecule has 0 atom stereocenters. The van der Waals surface area contributed by atoms with Gasteiger partial charge in [0, 0.05) is 17.5 Å². The number of benzene rings is 1. The summed E-state index contributed by atoms with van der Waals surface area (Å²) < 4.78 is 15.4. The summed E-state index contributed by atoms with van der Waals surface area (Å²) in [5.41, 5.74) is -0.299. The predicted octanol–water partition coefficient (Wildman–Crippen LogP) is 1.91. The summed E-state index contributed by atoms with van der Waals surface area (Å²) in [4.78, 5) is 22.5. The number of hydrogen-bond acceptors (Lipinski definition) is 5. The van der Waals surface area contributed by atoms with Crippen molar-refractivity contribution in [3.05, 3.63) is 51.2 Å². The first-order valence-electron chi connectivity index (χ1n) is 5.24. The van der Waals surface area contributed by atoms with Crippen LogP contribution in [0.25, 0.3) is 21.9 Å². The van der Waals surface area contributed by atoms with Gasteiger partial charge >= 0.3 is 11.3 Å². The summed E-state index contributed by atoms with van der Waals surface area (Å²) in [5.74, 6) is 0.420. The Balaban J connectivity index is 2.62. The van der Waals surface area contributed by atoms with Gasteiger partial charge in [-0.15, -0.1) is 0 Å². The quantitative estimate of drug-likeness (QED) is 0.483. The number of methoxy groups -OCH3 is 1. The summed E-state index contributed by atoms with van der Waals surface area (Å²) in [6, 6.07) is 7.44. The van der Waals surface area contributed by atoms with E-state index in [2.05, 4.69) is 0 Å². The Morgan fingerprint density at radius 2 is 1.61 bits per heavy atom. The lowest BCUT2D eigenvalue weighted by atomic mass is 10.1. The molecule has 0 amide bonds. The van der Waals surface area contributed by atoms with Crippen LogP contribution in [-0.2, 0) is 0 Å². The molecule has 18 heavy (non-hydrogen) atoms. The third-order valence-electron chi connectivity index (χ3n) is 2.67. The molecular formula is C13H8O5. The maximum atomic E-state index is 11.3. The van der Waals surface area contributed by atoms with Crippen LogP contribution in [0.15, 0.2) is 48.8 Å². The van der Waals surface area contributed by atoms with Crippen molar-refractivity contribution in [2.24, 2.45) is 0 Å². The standard InChI is InChI=1S/C13H8O5/c1-16-9-6-7-2-4-10(14)17-12(7)8-3-5-11(15)18-13(8)9/h2-6H,1H3. The normalized spacial score (nSPS) is 10.9. The van der Waals surface area contributed by atoms with Crippen LogP contribution in [0, 0.1) is 0 Å². The average Bonchev–Trinajstić information content (AvgIpc) is 2.37. The zero-order chi connectivity index (χ0) is 12.7. The van der Waals surface area contributed by atoms with Crippen LogP contribution in [0.4, 0.5) is 0 Å². The van der Waals surface area contributed by atoms with E-state index in [9.17, 15) is 9.59 Å². The van der Waals surface area contributed by atoms with Gasteiger partial charge < -0.3 is 13.6 Å². The number of rotatable bonds is 1. The van der Waals surface area contributed by atoms with Crippen molar-refractivity contribution < 1.29 is 13.6 Å². The lowest BCUT2D eigenvalue weighted by molar-refractivity contribution is 0.407. The molecule has 0 N–H and O–H groups in total. The third kappa shape index (κ3) is 1.48. The largest absolute Gasteiger partial charge is 0.493 e. The van der Waals surface area contributed by atoms with Crippen molar-refractivity contribution in [3.8, 4) is 5.75 Å². The summed E-state index contributed by atoms with van der Waals surface area (Å²) in [6.45, 7) is 0. The SMILES string of the molecule is COc1cc2ccc(=O)oc2c2ccc(=O)oc12. The van der Waals surface area contributed by atoms with Gasteiger partial charge in [0.05, 0.1) is 12.5 Å². The minimum atomic E-state index is -0.488. The molecule has 0 fully saturated rings. The van der Waals surface area contributed by atoms with E-state index in [0.717, 1.165) is 0 Å². The Hall–Kier alpha value is -2.56. The van der Waals surface area contributed by atoms with Gasteiger partial charge in [0.25, 0.3) is 0 Å². The van der Waals surface area contributed by atoms with Crippen molar-refractivity contribution in [3.63, 3.8) is 0 Å². The van der Waals surface area contributed by atoms with Crippen LogP contribution in [-0.4, -0.2) is 7.11 Å². The van der Waals surface area contributed by atoms with Crippen LogP contribution in [0.1, 0.15) is 0 Å². The van der Waals surface area contributed by atoms with E-state index in [1.54, 1.807) is 18.2 Å². The minimum Gasteiger partial charge on any atom is -0.493 e. The molecule has 5 heteroatoms. The van der Waals surface area contributed by atoms with Gasteiger partial charge in [0.2, 0.25) is 0 Å². The van der Waals surface area contributed by atoms with E-state index in [4.69, 9.17) is 13.6 Å². The first kappa shape index (κ1) is 10.6. The molecule has 0 bridgehead atoms. The monoisotopic (exact) mass is 244 g/mol. The number of fused-ring (bicyclic) bond motifs is 3. The topological polar surface area (TPSA) is 69.7 Å². The van der Waals surface area contributed by atoms with Gasteiger partial charge in [0.15, 0.2) is 11.3 Å².